The molecule has 0 aromatic carbocycles. The van der Waals surface area contributed by atoms with E-state index >= 15 is 0 Å². The quantitative estimate of drug-likeness (QED) is 0.254. The van der Waals surface area contributed by atoms with Gasteiger partial charge in [0, 0.05) is 5.54 Å². The number of rotatable bonds is 2. The summed E-state index contributed by atoms with van der Waals surface area (Å²) in [6.07, 6.45) is 0. The first kappa shape index (κ1) is 14.3. The molecule has 0 N–H and O–H groups in total. The van der Waals surface area contributed by atoms with Crippen LogP contribution in [0.4, 0.5) is 0 Å². The molecule has 0 aromatic rings. The van der Waals surface area contributed by atoms with E-state index < -0.39 is 0 Å². The summed E-state index contributed by atoms with van der Waals surface area (Å²) in [6.45, 7) is 6.91. The Morgan fingerprint density at radius 3 is 1.18 bits per heavy atom. The first-order chi connectivity index (χ1) is 4.76. The zero-order valence-corrected chi connectivity index (χ0v) is 17.1. The topological polar surface area (TPSA) is 3.24 Å². The summed E-state index contributed by atoms with van der Waals surface area (Å²) in [5, 5.41) is 0. The Labute approximate surface area is 123 Å². The van der Waals surface area contributed by atoms with Gasteiger partial charge in [-0.1, -0.05) is 87.2 Å². The van der Waals surface area contributed by atoms with Crippen LogP contribution in [0.5, 0.6) is 0 Å². The fraction of sp³-hybridized carbons (Fsp3) is 1.00. The van der Waals surface area contributed by atoms with Crippen molar-refractivity contribution in [3.63, 3.8) is 0 Å². The van der Waals surface area contributed by atoms with Gasteiger partial charge in [-0.3, -0.25) is 0 Å². The van der Waals surface area contributed by atoms with Gasteiger partial charge in [-0.25, -0.2) is 0 Å². The van der Waals surface area contributed by atoms with Gasteiger partial charge in [0.1, 0.15) is 0 Å². The molecule has 66 valence electrons. The van der Waals surface area contributed by atoms with Crippen molar-refractivity contribution >= 4 is 95.1 Å². The predicted molar refractivity (Wildman–Crippen MR) is 89.2 cm³/mol. The van der Waals surface area contributed by atoms with Gasteiger partial charge in [-0.05, 0) is 20.8 Å². The molecule has 0 amide bonds. The molecule has 0 atom stereocenters. The van der Waals surface area contributed by atoms with E-state index in [-0.39, 0.29) is 7.90 Å². The lowest BCUT2D eigenvalue weighted by atomic mass is 10.1. The molecule has 0 saturated heterocycles. The molecule has 0 bridgehead atoms. The average molecular weight is 635 g/mol. The van der Waals surface area contributed by atoms with E-state index in [1.165, 1.54) is 0 Å². The lowest BCUT2D eigenvalue weighted by molar-refractivity contribution is 0.385. The van der Waals surface area contributed by atoms with E-state index in [2.05, 4.69) is 112 Å². The third kappa shape index (κ3) is 5.69. The molecule has 0 unspecified atom stereocenters. The molecular weight excluding hydrogens is 626 g/mol. The van der Waals surface area contributed by atoms with E-state index in [0.717, 1.165) is 0 Å². The monoisotopic (exact) mass is 635 g/mol. The van der Waals surface area contributed by atoms with E-state index in [1.54, 1.807) is 0 Å². The maximum absolute atomic E-state index is 2.67. The molecule has 1 nitrogen and oxygen atoms in total. The summed E-state index contributed by atoms with van der Waals surface area (Å²) in [6, 6.07) is 0. The van der Waals surface area contributed by atoms with Crippen LogP contribution in [-0.2, 0) is 0 Å². The van der Waals surface area contributed by atoms with Crippen LogP contribution in [0.15, 0.2) is 0 Å². The van der Waals surface area contributed by atoms with Crippen molar-refractivity contribution < 1.29 is 0 Å². The van der Waals surface area contributed by atoms with E-state index in [9.17, 15) is 0 Å². The van der Waals surface area contributed by atoms with Crippen LogP contribution < -0.4 is 0 Å². The SMILES string of the molecule is CC(C)(C)N([Si](I)I)[Si](I)I. The van der Waals surface area contributed by atoms with Crippen molar-refractivity contribution in [1.29, 1.82) is 0 Å². The van der Waals surface area contributed by atoms with Crippen LogP contribution in [0, 0.1) is 0 Å². The summed E-state index contributed by atoms with van der Waals surface area (Å²) >= 11 is 10.3. The summed E-state index contributed by atoms with van der Waals surface area (Å²) in [4.78, 5) is 0. The van der Waals surface area contributed by atoms with Crippen molar-refractivity contribution in [2.75, 3.05) is 0 Å². The molecule has 0 heterocycles. The number of hydrogen-bond acceptors (Lipinski definition) is 1. The maximum atomic E-state index is 2.67. The van der Waals surface area contributed by atoms with Gasteiger partial charge in [0.25, 0.3) is 7.90 Å². The van der Waals surface area contributed by atoms with Crippen molar-refractivity contribution in [2.45, 2.75) is 26.3 Å². The van der Waals surface area contributed by atoms with Crippen molar-refractivity contribution in [3.8, 4) is 0 Å². The Morgan fingerprint density at radius 2 is 1.18 bits per heavy atom. The zero-order chi connectivity index (χ0) is 9.23. The molecule has 0 rings (SSSR count). The van der Waals surface area contributed by atoms with Gasteiger partial charge in [0.05, 0.1) is 0 Å². The fourth-order valence-corrected chi connectivity index (χ4v) is 36.1. The highest BCUT2D eigenvalue weighted by Crippen LogP contribution is 2.28. The van der Waals surface area contributed by atoms with Crippen molar-refractivity contribution in [3.05, 3.63) is 0 Å². The minimum Gasteiger partial charge on any atom is -0.309 e. The molecule has 0 aromatic heterocycles. The Kier molecular flexibility index (Phi) is 7.83. The Balaban J connectivity index is 4.35. The fourth-order valence-electron chi connectivity index (χ4n) is 0.571. The third-order valence-corrected chi connectivity index (χ3v) is 15.6. The standard InChI is InChI=1S/C4H9I4NSi2/c1-4(2,3)9(10(5)6)11(7)8/h1-3H3. The normalized spacial score (nSPS) is 13.6. The highest BCUT2D eigenvalue weighted by Gasteiger charge is 2.32. The summed E-state index contributed by atoms with van der Waals surface area (Å²) < 4.78 is 2.02. The molecule has 2 radical (unpaired) electrons. The van der Waals surface area contributed by atoms with Crippen LogP contribution in [0.2, 0.25) is 0 Å². The molecule has 0 spiro atoms. The Hall–Kier alpha value is 3.31. The van der Waals surface area contributed by atoms with E-state index in [4.69, 9.17) is 0 Å². The summed E-state index contributed by atoms with van der Waals surface area (Å²) in [5.41, 5.74) is 0.355. The highest BCUT2D eigenvalue weighted by molar-refractivity contribution is 14.3. The third-order valence-electron chi connectivity index (χ3n) is 1.01. The zero-order valence-electron chi connectivity index (χ0n) is 6.46. The van der Waals surface area contributed by atoms with Gasteiger partial charge >= 0.3 is 0 Å². The maximum Gasteiger partial charge on any atom is 0.284 e. The van der Waals surface area contributed by atoms with E-state index in [0.29, 0.717) is 5.54 Å². The van der Waals surface area contributed by atoms with Crippen LogP contribution in [0.1, 0.15) is 20.8 Å². The average Bonchev–Trinajstić information content (AvgIpc) is 1.54. The Bertz CT molecular complexity index is 116. The summed E-state index contributed by atoms with van der Waals surface area (Å²) in [7, 11) is 0. The molecule has 11 heavy (non-hydrogen) atoms. The van der Waals surface area contributed by atoms with Crippen molar-refractivity contribution in [1.82, 2.24) is 4.23 Å². The molecule has 0 aliphatic heterocycles. The molecular formula is C4H9I4NSi2. The number of nitrogens with zero attached hydrogens (tertiary/aromatic N) is 1. The van der Waals surface area contributed by atoms with Gasteiger partial charge in [-0.15, -0.1) is 0 Å². The van der Waals surface area contributed by atoms with Crippen LogP contribution in [-0.4, -0.2) is 17.7 Å². The second kappa shape index (κ2) is 6.02. The predicted octanol–water partition coefficient (Wildman–Crippen LogP) is 3.80. The van der Waals surface area contributed by atoms with Gasteiger partial charge in [0.2, 0.25) is 0 Å². The number of hydrogen-bond donors (Lipinski definition) is 0. The Morgan fingerprint density at radius 1 is 0.909 bits per heavy atom. The molecule has 0 saturated carbocycles. The molecule has 0 aliphatic rings. The highest BCUT2D eigenvalue weighted by atomic mass is 127. The molecule has 0 fully saturated rings. The van der Waals surface area contributed by atoms with Gasteiger partial charge in [0.15, 0.2) is 0 Å². The second-order valence-corrected chi connectivity index (χ2v) is 29.9. The van der Waals surface area contributed by atoms with Crippen molar-refractivity contribution in [2.24, 2.45) is 0 Å². The molecule has 7 heteroatoms. The number of halogens is 4. The first-order valence-corrected chi connectivity index (χ1v) is 18.3. The van der Waals surface area contributed by atoms with Crippen LogP contribution >= 0.6 is 87.2 Å². The minimum atomic E-state index is -0.326. The lowest BCUT2D eigenvalue weighted by Gasteiger charge is -2.37. The smallest absolute Gasteiger partial charge is 0.284 e. The molecule has 0 aliphatic carbocycles. The van der Waals surface area contributed by atoms with E-state index in [1.807, 2.05) is 0 Å². The van der Waals surface area contributed by atoms with Crippen LogP contribution in [0.25, 0.3) is 0 Å². The van der Waals surface area contributed by atoms with Crippen LogP contribution in [0.3, 0.4) is 0 Å². The lowest BCUT2D eigenvalue weighted by Crippen LogP contribution is -2.50. The van der Waals surface area contributed by atoms with Gasteiger partial charge < -0.3 is 4.23 Å². The van der Waals surface area contributed by atoms with Gasteiger partial charge in [-0.2, -0.15) is 0 Å². The second-order valence-electron chi connectivity index (χ2n) is 2.99. The largest absolute Gasteiger partial charge is 0.309 e. The minimum absolute atomic E-state index is 0.326. The summed E-state index contributed by atoms with van der Waals surface area (Å²) in [5.74, 6) is 0. The first-order valence-electron chi connectivity index (χ1n) is 2.93.